The van der Waals surface area contributed by atoms with Crippen LogP contribution in [0.4, 0.5) is 0 Å². The minimum atomic E-state index is -0.742. The minimum Gasteiger partial charge on any atom is -0.466 e. The second-order valence-corrected chi connectivity index (χ2v) is 7.82. The molecule has 1 aliphatic rings. The summed E-state index contributed by atoms with van der Waals surface area (Å²) in [6.07, 6.45) is 1.53. The number of furan rings is 1. The van der Waals surface area contributed by atoms with Crippen LogP contribution >= 0.6 is 11.8 Å². The SMILES string of the molecule is CCn1c(C)cc(C(=O)COC(=O)[C@@H]2CS[C@H](c3ccco3)N2C(C)=O)c1C. The number of hydrogen-bond donors (Lipinski definition) is 0. The van der Waals surface area contributed by atoms with Gasteiger partial charge < -0.3 is 18.6 Å². The molecule has 0 aromatic carbocycles. The van der Waals surface area contributed by atoms with E-state index in [0.29, 0.717) is 17.1 Å². The molecule has 8 heteroatoms. The number of thioether (sulfide) groups is 1. The average Bonchev–Trinajstić information content (AvgIpc) is 3.37. The Labute approximate surface area is 168 Å². The molecule has 2 aromatic rings. The van der Waals surface area contributed by atoms with Crippen molar-refractivity contribution < 1.29 is 23.5 Å². The van der Waals surface area contributed by atoms with Crippen molar-refractivity contribution in [2.24, 2.45) is 0 Å². The van der Waals surface area contributed by atoms with Crippen LogP contribution in [-0.4, -0.2) is 45.5 Å². The fourth-order valence-electron chi connectivity index (χ4n) is 3.60. The Hall–Kier alpha value is -2.48. The molecule has 3 rings (SSSR count). The first-order chi connectivity index (χ1) is 13.3. The highest BCUT2D eigenvalue weighted by Crippen LogP contribution is 2.41. The molecule has 0 aliphatic carbocycles. The number of Topliss-reactive ketones (excluding diaryl/α,β-unsaturated/α-hetero) is 1. The van der Waals surface area contributed by atoms with Crippen LogP contribution in [0, 0.1) is 13.8 Å². The third kappa shape index (κ3) is 3.73. The second-order valence-electron chi connectivity index (χ2n) is 6.70. The number of ether oxygens (including phenoxy) is 1. The highest BCUT2D eigenvalue weighted by molar-refractivity contribution is 7.99. The van der Waals surface area contributed by atoms with Crippen LogP contribution in [0.15, 0.2) is 28.9 Å². The third-order valence-corrected chi connectivity index (χ3v) is 6.24. The molecule has 3 heterocycles. The number of nitrogens with zero attached hydrogens (tertiary/aromatic N) is 2. The number of amides is 1. The van der Waals surface area contributed by atoms with Gasteiger partial charge in [-0.25, -0.2) is 4.79 Å². The Morgan fingerprint density at radius 1 is 1.32 bits per heavy atom. The first-order valence-electron chi connectivity index (χ1n) is 9.15. The zero-order chi connectivity index (χ0) is 20.4. The Kier molecular flexibility index (Phi) is 5.98. The number of rotatable bonds is 6. The highest BCUT2D eigenvalue weighted by Gasteiger charge is 2.43. The number of hydrogen-bond acceptors (Lipinski definition) is 6. The van der Waals surface area contributed by atoms with Gasteiger partial charge in [0.1, 0.15) is 17.2 Å². The zero-order valence-corrected chi connectivity index (χ0v) is 17.2. The van der Waals surface area contributed by atoms with Gasteiger partial charge in [-0.3, -0.25) is 9.59 Å². The summed E-state index contributed by atoms with van der Waals surface area (Å²) in [4.78, 5) is 38.7. The zero-order valence-electron chi connectivity index (χ0n) is 16.4. The van der Waals surface area contributed by atoms with Gasteiger partial charge in [0.2, 0.25) is 11.7 Å². The number of aromatic nitrogens is 1. The van der Waals surface area contributed by atoms with E-state index in [1.165, 1.54) is 29.8 Å². The summed E-state index contributed by atoms with van der Waals surface area (Å²) in [5.74, 6) is -0.0644. The molecule has 7 nitrogen and oxygen atoms in total. The van der Waals surface area contributed by atoms with Crippen LogP contribution in [0.5, 0.6) is 0 Å². The van der Waals surface area contributed by atoms with Gasteiger partial charge in [-0.2, -0.15) is 0 Å². The van der Waals surface area contributed by atoms with Gasteiger partial charge in [-0.15, -0.1) is 11.8 Å². The van der Waals surface area contributed by atoms with Crippen LogP contribution in [0.3, 0.4) is 0 Å². The van der Waals surface area contributed by atoms with Crippen molar-refractivity contribution in [3.05, 3.63) is 47.2 Å². The quantitative estimate of drug-likeness (QED) is 0.544. The van der Waals surface area contributed by atoms with E-state index in [1.807, 2.05) is 31.4 Å². The van der Waals surface area contributed by atoms with Crippen molar-refractivity contribution >= 4 is 29.4 Å². The van der Waals surface area contributed by atoms with E-state index < -0.39 is 12.0 Å². The molecule has 0 bridgehead atoms. The maximum Gasteiger partial charge on any atom is 0.330 e. The summed E-state index contributed by atoms with van der Waals surface area (Å²) >= 11 is 1.44. The van der Waals surface area contributed by atoms with E-state index in [4.69, 9.17) is 9.15 Å². The smallest absolute Gasteiger partial charge is 0.330 e. The van der Waals surface area contributed by atoms with Crippen LogP contribution in [0.25, 0.3) is 0 Å². The molecule has 28 heavy (non-hydrogen) atoms. The van der Waals surface area contributed by atoms with E-state index in [9.17, 15) is 14.4 Å². The third-order valence-electron chi connectivity index (χ3n) is 4.96. The monoisotopic (exact) mass is 404 g/mol. The molecule has 1 aliphatic heterocycles. The second kappa shape index (κ2) is 8.26. The first-order valence-corrected chi connectivity index (χ1v) is 10.2. The standard InChI is InChI=1S/C20H24N2O5S/c1-5-21-12(2)9-15(13(21)3)17(24)10-27-20(25)16-11-28-19(22(16)14(4)23)18-7-6-8-26-18/h6-9,16,19H,5,10-11H2,1-4H3/t16-,19+/m0/s1. The fourth-order valence-corrected chi connectivity index (χ4v) is 5.02. The molecular weight excluding hydrogens is 380 g/mol. The van der Waals surface area contributed by atoms with Gasteiger partial charge in [-0.05, 0) is 39.0 Å². The van der Waals surface area contributed by atoms with E-state index in [1.54, 1.807) is 12.1 Å². The molecule has 0 saturated carbocycles. The van der Waals surface area contributed by atoms with Crippen LogP contribution in [0.1, 0.15) is 46.7 Å². The predicted octanol–water partition coefficient (Wildman–Crippen LogP) is 3.11. The van der Waals surface area contributed by atoms with Crippen LogP contribution in [-0.2, 0) is 20.9 Å². The Morgan fingerprint density at radius 3 is 2.64 bits per heavy atom. The molecular formula is C20H24N2O5S. The summed E-state index contributed by atoms with van der Waals surface area (Å²) in [6.45, 7) is 7.67. The van der Waals surface area contributed by atoms with Crippen molar-refractivity contribution in [1.82, 2.24) is 9.47 Å². The van der Waals surface area contributed by atoms with Gasteiger partial charge in [0.15, 0.2) is 6.61 Å². The largest absolute Gasteiger partial charge is 0.466 e. The fraction of sp³-hybridized carbons (Fsp3) is 0.450. The molecule has 1 fully saturated rings. The van der Waals surface area contributed by atoms with Gasteiger partial charge in [0.05, 0.1) is 6.26 Å². The molecule has 2 atom stereocenters. The summed E-state index contributed by atoms with van der Waals surface area (Å²) in [6, 6.07) is 4.59. The average molecular weight is 404 g/mol. The summed E-state index contributed by atoms with van der Waals surface area (Å²) in [7, 11) is 0. The molecule has 1 saturated heterocycles. The lowest BCUT2D eigenvalue weighted by Gasteiger charge is -2.25. The van der Waals surface area contributed by atoms with Gasteiger partial charge >= 0.3 is 5.97 Å². The lowest BCUT2D eigenvalue weighted by atomic mass is 10.1. The lowest BCUT2D eigenvalue weighted by molar-refractivity contribution is -0.152. The van der Waals surface area contributed by atoms with Crippen molar-refractivity contribution in [2.75, 3.05) is 12.4 Å². The first kappa shape index (κ1) is 20.3. The van der Waals surface area contributed by atoms with E-state index in [-0.39, 0.29) is 23.7 Å². The topological polar surface area (TPSA) is 81.8 Å². The van der Waals surface area contributed by atoms with Crippen molar-refractivity contribution in [2.45, 2.75) is 45.7 Å². The summed E-state index contributed by atoms with van der Waals surface area (Å²) < 4.78 is 12.7. The van der Waals surface area contributed by atoms with E-state index in [2.05, 4.69) is 0 Å². The molecule has 150 valence electrons. The van der Waals surface area contributed by atoms with E-state index in [0.717, 1.165) is 17.9 Å². The van der Waals surface area contributed by atoms with Crippen molar-refractivity contribution in [3.8, 4) is 0 Å². The Morgan fingerprint density at radius 2 is 2.07 bits per heavy atom. The summed E-state index contributed by atoms with van der Waals surface area (Å²) in [5, 5.41) is -0.371. The number of ketones is 1. The predicted molar refractivity (Wildman–Crippen MR) is 105 cm³/mol. The summed E-state index contributed by atoms with van der Waals surface area (Å²) in [5.41, 5.74) is 2.41. The lowest BCUT2D eigenvalue weighted by Crippen LogP contribution is -2.43. The van der Waals surface area contributed by atoms with E-state index >= 15 is 0 Å². The maximum atomic E-state index is 12.6. The van der Waals surface area contributed by atoms with Crippen molar-refractivity contribution in [1.29, 1.82) is 0 Å². The number of aryl methyl sites for hydroxylation is 1. The molecule has 2 aromatic heterocycles. The maximum absolute atomic E-state index is 12.6. The van der Waals surface area contributed by atoms with Gasteiger partial charge in [0, 0.05) is 36.2 Å². The van der Waals surface area contributed by atoms with Crippen molar-refractivity contribution in [3.63, 3.8) is 0 Å². The molecule has 1 amide bonds. The Bertz CT molecular complexity index is 887. The number of carbonyl (C=O) groups is 3. The van der Waals surface area contributed by atoms with Gasteiger partial charge in [0.25, 0.3) is 0 Å². The highest BCUT2D eigenvalue weighted by atomic mass is 32.2. The Balaban J connectivity index is 1.67. The molecule has 0 radical (unpaired) electrons. The number of esters is 1. The van der Waals surface area contributed by atoms with Crippen LogP contribution in [0.2, 0.25) is 0 Å². The normalized spacial score (nSPS) is 19.1. The van der Waals surface area contributed by atoms with Crippen LogP contribution < -0.4 is 0 Å². The number of carbonyl (C=O) groups excluding carboxylic acids is 3. The minimum absolute atomic E-state index is 0.244. The molecule has 0 spiro atoms. The van der Waals surface area contributed by atoms with Gasteiger partial charge in [-0.1, -0.05) is 0 Å². The molecule has 0 unspecified atom stereocenters. The molecule has 0 N–H and O–H groups in total.